The second-order valence-electron chi connectivity index (χ2n) is 3.48. The van der Waals surface area contributed by atoms with E-state index >= 15 is 0 Å². The van der Waals surface area contributed by atoms with Crippen LogP contribution in [0.3, 0.4) is 0 Å². The molecule has 3 heteroatoms. The summed E-state index contributed by atoms with van der Waals surface area (Å²) in [5, 5.41) is 2.23. The van der Waals surface area contributed by atoms with E-state index < -0.39 is 0 Å². The van der Waals surface area contributed by atoms with Crippen molar-refractivity contribution in [3.05, 3.63) is 55.1 Å². The summed E-state index contributed by atoms with van der Waals surface area (Å²) in [4.78, 5) is 12.7. The molecule has 0 aliphatic carbocycles. The first-order valence-electron chi connectivity index (χ1n) is 5.05. The molecule has 0 unspecified atom stereocenters. The minimum atomic E-state index is 0.715. The van der Waals surface area contributed by atoms with Gasteiger partial charge in [0.05, 0.1) is 0 Å². The Kier molecular flexibility index (Phi) is 2.07. The SMILES string of the molecule is c1cnc(-c2cncc3ccccc23)nc1. The molecule has 76 valence electrons. The molecule has 16 heavy (non-hydrogen) atoms. The minimum Gasteiger partial charge on any atom is -0.263 e. The smallest absolute Gasteiger partial charge is 0.161 e. The van der Waals surface area contributed by atoms with Crippen molar-refractivity contribution in [2.75, 3.05) is 0 Å². The van der Waals surface area contributed by atoms with Gasteiger partial charge in [0.25, 0.3) is 0 Å². The minimum absolute atomic E-state index is 0.715. The van der Waals surface area contributed by atoms with Gasteiger partial charge in [0.15, 0.2) is 5.82 Å². The zero-order chi connectivity index (χ0) is 10.8. The Bertz CT molecular complexity index is 615. The van der Waals surface area contributed by atoms with Gasteiger partial charge in [-0.3, -0.25) is 4.98 Å². The van der Waals surface area contributed by atoms with Gasteiger partial charge in [-0.1, -0.05) is 24.3 Å². The molecule has 0 aliphatic heterocycles. The van der Waals surface area contributed by atoms with E-state index in [-0.39, 0.29) is 0 Å². The van der Waals surface area contributed by atoms with Gasteiger partial charge >= 0.3 is 0 Å². The van der Waals surface area contributed by atoms with Crippen LogP contribution in [-0.4, -0.2) is 15.0 Å². The molecule has 0 saturated heterocycles. The number of benzene rings is 1. The van der Waals surface area contributed by atoms with E-state index in [1.54, 1.807) is 18.6 Å². The molecule has 3 nitrogen and oxygen atoms in total. The molecule has 3 rings (SSSR count). The van der Waals surface area contributed by atoms with E-state index in [1.807, 2.05) is 30.5 Å². The van der Waals surface area contributed by atoms with Crippen LogP contribution in [0.1, 0.15) is 0 Å². The average molecular weight is 207 g/mol. The van der Waals surface area contributed by atoms with Crippen molar-refractivity contribution in [3.8, 4) is 11.4 Å². The van der Waals surface area contributed by atoms with Crippen LogP contribution in [0.25, 0.3) is 22.2 Å². The highest BCUT2D eigenvalue weighted by molar-refractivity contribution is 5.93. The van der Waals surface area contributed by atoms with Gasteiger partial charge in [-0.25, -0.2) is 9.97 Å². The Balaban J connectivity index is 2.32. The van der Waals surface area contributed by atoms with Crippen molar-refractivity contribution < 1.29 is 0 Å². The number of fused-ring (bicyclic) bond motifs is 1. The van der Waals surface area contributed by atoms with Crippen LogP contribution >= 0.6 is 0 Å². The number of hydrogen-bond acceptors (Lipinski definition) is 3. The second kappa shape index (κ2) is 3.70. The molecule has 0 amide bonds. The van der Waals surface area contributed by atoms with Crippen LogP contribution in [0.15, 0.2) is 55.1 Å². The van der Waals surface area contributed by atoms with Crippen LogP contribution in [0, 0.1) is 0 Å². The highest BCUT2D eigenvalue weighted by atomic mass is 14.9. The predicted octanol–water partition coefficient (Wildman–Crippen LogP) is 2.69. The highest BCUT2D eigenvalue weighted by Gasteiger charge is 2.05. The average Bonchev–Trinajstić information content (AvgIpc) is 2.39. The summed E-state index contributed by atoms with van der Waals surface area (Å²) in [6, 6.07) is 9.91. The van der Waals surface area contributed by atoms with Gasteiger partial charge in [0.1, 0.15) is 0 Å². The monoisotopic (exact) mass is 207 g/mol. The topological polar surface area (TPSA) is 38.7 Å². The Labute approximate surface area is 92.8 Å². The van der Waals surface area contributed by atoms with Crippen molar-refractivity contribution in [2.24, 2.45) is 0 Å². The fourth-order valence-corrected chi connectivity index (χ4v) is 1.73. The third-order valence-corrected chi connectivity index (χ3v) is 2.47. The van der Waals surface area contributed by atoms with Crippen LogP contribution < -0.4 is 0 Å². The first-order valence-corrected chi connectivity index (χ1v) is 5.05. The largest absolute Gasteiger partial charge is 0.263 e. The van der Waals surface area contributed by atoms with Crippen molar-refractivity contribution in [2.45, 2.75) is 0 Å². The van der Waals surface area contributed by atoms with Crippen molar-refractivity contribution >= 4 is 10.8 Å². The fourth-order valence-electron chi connectivity index (χ4n) is 1.73. The molecular formula is C13H9N3. The Hall–Kier alpha value is -2.29. The van der Waals surface area contributed by atoms with E-state index in [0.717, 1.165) is 16.3 Å². The molecule has 0 saturated carbocycles. The molecular weight excluding hydrogens is 198 g/mol. The number of rotatable bonds is 1. The lowest BCUT2D eigenvalue weighted by molar-refractivity contribution is 1.17. The van der Waals surface area contributed by atoms with Crippen LogP contribution in [0.5, 0.6) is 0 Å². The molecule has 1 aromatic carbocycles. The quantitative estimate of drug-likeness (QED) is 0.615. The second-order valence-corrected chi connectivity index (χ2v) is 3.48. The van der Waals surface area contributed by atoms with E-state index in [9.17, 15) is 0 Å². The summed E-state index contributed by atoms with van der Waals surface area (Å²) < 4.78 is 0. The molecule has 0 atom stereocenters. The van der Waals surface area contributed by atoms with E-state index in [1.165, 1.54) is 0 Å². The number of hydrogen-bond donors (Lipinski definition) is 0. The van der Waals surface area contributed by atoms with E-state index in [2.05, 4.69) is 21.0 Å². The normalized spacial score (nSPS) is 10.5. The molecule has 0 aliphatic rings. The first-order chi connectivity index (χ1) is 7.95. The molecule has 0 spiro atoms. The Morgan fingerprint density at radius 2 is 1.62 bits per heavy atom. The molecule has 3 aromatic rings. The van der Waals surface area contributed by atoms with Crippen LogP contribution in [0.2, 0.25) is 0 Å². The lowest BCUT2D eigenvalue weighted by Crippen LogP contribution is -1.89. The van der Waals surface area contributed by atoms with Gasteiger partial charge < -0.3 is 0 Å². The maximum atomic E-state index is 4.25. The van der Waals surface area contributed by atoms with Gasteiger partial charge in [-0.2, -0.15) is 0 Å². The maximum Gasteiger partial charge on any atom is 0.161 e. The van der Waals surface area contributed by atoms with E-state index in [4.69, 9.17) is 0 Å². The Morgan fingerprint density at radius 3 is 2.50 bits per heavy atom. The maximum absolute atomic E-state index is 4.25. The number of nitrogens with zero attached hydrogens (tertiary/aromatic N) is 3. The summed E-state index contributed by atoms with van der Waals surface area (Å²) in [6.07, 6.45) is 7.13. The molecule has 2 aromatic heterocycles. The highest BCUT2D eigenvalue weighted by Crippen LogP contribution is 2.23. The zero-order valence-corrected chi connectivity index (χ0v) is 8.54. The predicted molar refractivity (Wildman–Crippen MR) is 62.8 cm³/mol. The lowest BCUT2D eigenvalue weighted by Gasteiger charge is -2.03. The van der Waals surface area contributed by atoms with Crippen LogP contribution in [-0.2, 0) is 0 Å². The van der Waals surface area contributed by atoms with Crippen molar-refractivity contribution in [3.63, 3.8) is 0 Å². The summed E-state index contributed by atoms with van der Waals surface area (Å²) in [6.45, 7) is 0. The summed E-state index contributed by atoms with van der Waals surface area (Å²) in [5.41, 5.74) is 0.971. The van der Waals surface area contributed by atoms with Crippen molar-refractivity contribution in [1.29, 1.82) is 0 Å². The number of pyridine rings is 1. The third-order valence-electron chi connectivity index (χ3n) is 2.47. The summed E-state index contributed by atoms with van der Waals surface area (Å²) >= 11 is 0. The summed E-state index contributed by atoms with van der Waals surface area (Å²) in [7, 11) is 0. The zero-order valence-electron chi connectivity index (χ0n) is 8.54. The molecule has 0 radical (unpaired) electrons. The van der Waals surface area contributed by atoms with Gasteiger partial charge in [-0.15, -0.1) is 0 Å². The third kappa shape index (κ3) is 1.42. The van der Waals surface area contributed by atoms with Gasteiger partial charge in [0, 0.05) is 35.7 Å². The molecule has 2 heterocycles. The van der Waals surface area contributed by atoms with E-state index in [0.29, 0.717) is 5.82 Å². The standard InChI is InChI=1S/C13H9N3/c1-2-5-11-10(4-1)8-14-9-12(11)13-15-6-3-7-16-13/h1-9H. The van der Waals surface area contributed by atoms with Crippen LogP contribution in [0.4, 0.5) is 0 Å². The number of aromatic nitrogens is 3. The molecule has 0 bridgehead atoms. The van der Waals surface area contributed by atoms with Gasteiger partial charge in [-0.05, 0) is 11.5 Å². The lowest BCUT2D eigenvalue weighted by atomic mass is 10.1. The Morgan fingerprint density at radius 1 is 0.812 bits per heavy atom. The fraction of sp³-hybridized carbons (Fsp3) is 0. The van der Waals surface area contributed by atoms with Gasteiger partial charge in [0.2, 0.25) is 0 Å². The van der Waals surface area contributed by atoms with Crippen molar-refractivity contribution in [1.82, 2.24) is 15.0 Å². The molecule has 0 fully saturated rings. The summed E-state index contributed by atoms with van der Waals surface area (Å²) in [5.74, 6) is 0.715. The first kappa shape index (κ1) is 8.97. The molecule has 0 N–H and O–H groups in total.